The number of hydrogen-bond donors (Lipinski definition) is 1. The van der Waals surface area contributed by atoms with E-state index in [1.807, 2.05) is 60.7 Å². The molecule has 0 aliphatic rings. The largest absolute Gasteiger partial charge is 0.493 e. The van der Waals surface area contributed by atoms with Crippen molar-refractivity contribution >= 4 is 11.8 Å². The van der Waals surface area contributed by atoms with Crippen molar-refractivity contribution in [1.29, 1.82) is 5.26 Å². The minimum atomic E-state index is -0.427. The fraction of sp³-hybridized carbons (Fsp3) is 0.261. The van der Waals surface area contributed by atoms with E-state index in [0.29, 0.717) is 23.2 Å². The number of aromatic amines is 1. The second-order valence-corrected chi connectivity index (χ2v) is 8.63. The molecular weight excluding hydrogens is 382 g/mol. The number of ether oxygens (including phenoxy) is 1. The molecule has 3 aromatic rings. The fourth-order valence-electron chi connectivity index (χ4n) is 2.78. The summed E-state index contributed by atoms with van der Waals surface area (Å²) in [7, 11) is 0. The van der Waals surface area contributed by atoms with Crippen LogP contribution in [-0.2, 0) is 5.41 Å². The molecule has 0 amide bonds. The Morgan fingerprint density at radius 3 is 2.41 bits per heavy atom. The molecule has 0 radical (unpaired) electrons. The van der Waals surface area contributed by atoms with E-state index in [1.54, 1.807) is 0 Å². The van der Waals surface area contributed by atoms with Gasteiger partial charge in [0.2, 0.25) is 0 Å². The average Bonchev–Trinajstić information content (AvgIpc) is 2.71. The number of benzene rings is 2. The third-order valence-corrected chi connectivity index (χ3v) is 5.21. The normalized spacial score (nSPS) is 11.1. The molecule has 0 spiro atoms. The molecule has 1 N–H and O–H groups in total. The SMILES string of the molecule is CC(C)(C)c1ccc(-c2nc(SCCOc3ccccc3)[nH]c(=O)c2C#N)cc1. The number of nitrogens with zero attached hydrogens (tertiary/aromatic N) is 2. The Bertz CT molecular complexity index is 1060. The van der Waals surface area contributed by atoms with Gasteiger partial charge in [-0.25, -0.2) is 4.98 Å². The highest BCUT2D eigenvalue weighted by Crippen LogP contribution is 2.27. The van der Waals surface area contributed by atoms with E-state index in [1.165, 1.54) is 17.3 Å². The van der Waals surface area contributed by atoms with Crippen molar-refractivity contribution in [1.82, 2.24) is 9.97 Å². The highest BCUT2D eigenvalue weighted by molar-refractivity contribution is 7.99. The predicted molar refractivity (Wildman–Crippen MR) is 116 cm³/mol. The van der Waals surface area contributed by atoms with Gasteiger partial charge in [-0.1, -0.05) is 75.0 Å². The van der Waals surface area contributed by atoms with Gasteiger partial charge in [-0.2, -0.15) is 5.26 Å². The van der Waals surface area contributed by atoms with Crippen LogP contribution in [-0.4, -0.2) is 22.3 Å². The van der Waals surface area contributed by atoms with Crippen LogP contribution in [0.25, 0.3) is 11.3 Å². The van der Waals surface area contributed by atoms with Gasteiger partial charge in [0.25, 0.3) is 5.56 Å². The van der Waals surface area contributed by atoms with Crippen molar-refractivity contribution < 1.29 is 4.74 Å². The molecule has 0 unspecified atom stereocenters. The van der Waals surface area contributed by atoms with Crippen LogP contribution in [0.2, 0.25) is 0 Å². The van der Waals surface area contributed by atoms with Crippen LogP contribution >= 0.6 is 11.8 Å². The van der Waals surface area contributed by atoms with E-state index >= 15 is 0 Å². The van der Waals surface area contributed by atoms with Crippen molar-refractivity contribution in [2.45, 2.75) is 31.3 Å². The summed E-state index contributed by atoms with van der Waals surface area (Å²) in [6.07, 6.45) is 0. The molecule has 6 heteroatoms. The maximum atomic E-state index is 12.4. The molecule has 0 saturated carbocycles. The van der Waals surface area contributed by atoms with Crippen LogP contribution in [0.1, 0.15) is 31.9 Å². The minimum Gasteiger partial charge on any atom is -0.493 e. The Hall–Kier alpha value is -3.04. The van der Waals surface area contributed by atoms with Gasteiger partial charge in [0, 0.05) is 11.3 Å². The smallest absolute Gasteiger partial charge is 0.270 e. The van der Waals surface area contributed by atoms with Gasteiger partial charge in [-0.3, -0.25) is 4.79 Å². The van der Waals surface area contributed by atoms with Gasteiger partial charge in [0.15, 0.2) is 5.16 Å². The number of aromatic nitrogens is 2. The maximum absolute atomic E-state index is 12.4. The third kappa shape index (κ3) is 5.27. The van der Waals surface area contributed by atoms with E-state index in [4.69, 9.17) is 4.74 Å². The molecular formula is C23H23N3O2S. The van der Waals surface area contributed by atoms with Gasteiger partial charge >= 0.3 is 0 Å². The van der Waals surface area contributed by atoms with E-state index in [2.05, 4.69) is 30.7 Å². The molecule has 0 fully saturated rings. The zero-order valence-corrected chi connectivity index (χ0v) is 17.5. The maximum Gasteiger partial charge on any atom is 0.270 e. The van der Waals surface area contributed by atoms with Crippen molar-refractivity contribution in [2.75, 3.05) is 12.4 Å². The van der Waals surface area contributed by atoms with E-state index < -0.39 is 5.56 Å². The number of nitrogens with one attached hydrogen (secondary N) is 1. The average molecular weight is 406 g/mol. The van der Waals surface area contributed by atoms with Crippen LogP contribution in [0.15, 0.2) is 64.5 Å². The summed E-state index contributed by atoms with van der Waals surface area (Å²) in [6.45, 7) is 6.90. The lowest BCUT2D eigenvalue weighted by molar-refractivity contribution is 0.344. The van der Waals surface area contributed by atoms with Crippen molar-refractivity contribution in [3.8, 4) is 23.1 Å². The van der Waals surface area contributed by atoms with Gasteiger partial charge in [0.1, 0.15) is 17.4 Å². The quantitative estimate of drug-likeness (QED) is 0.363. The molecule has 0 bridgehead atoms. The molecule has 0 atom stereocenters. The fourth-order valence-corrected chi connectivity index (χ4v) is 3.46. The number of rotatable bonds is 6. The van der Waals surface area contributed by atoms with Crippen molar-refractivity contribution in [2.24, 2.45) is 0 Å². The molecule has 1 heterocycles. The Balaban J connectivity index is 1.78. The van der Waals surface area contributed by atoms with Crippen LogP contribution < -0.4 is 10.3 Å². The summed E-state index contributed by atoms with van der Waals surface area (Å²) >= 11 is 1.39. The first-order valence-corrected chi connectivity index (χ1v) is 10.3. The first kappa shape index (κ1) is 20.7. The summed E-state index contributed by atoms with van der Waals surface area (Å²) in [4.78, 5) is 19.6. The molecule has 148 valence electrons. The Morgan fingerprint density at radius 1 is 1.10 bits per heavy atom. The van der Waals surface area contributed by atoms with Gasteiger partial charge in [-0.05, 0) is 23.1 Å². The van der Waals surface area contributed by atoms with Crippen LogP contribution in [0, 0.1) is 11.3 Å². The lowest BCUT2D eigenvalue weighted by Gasteiger charge is -2.19. The number of nitriles is 1. The van der Waals surface area contributed by atoms with Crippen LogP contribution in [0.5, 0.6) is 5.75 Å². The Morgan fingerprint density at radius 2 is 1.79 bits per heavy atom. The number of H-pyrrole nitrogens is 1. The lowest BCUT2D eigenvalue weighted by Crippen LogP contribution is -2.15. The molecule has 0 aliphatic carbocycles. The molecule has 3 rings (SSSR count). The summed E-state index contributed by atoms with van der Waals surface area (Å²) < 4.78 is 5.67. The second kappa shape index (κ2) is 8.97. The topological polar surface area (TPSA) is 78.8 Å². The summed E-state index contributed by atoms with van der Waals surface area (Å²) in [5, 5.41) is 9.91. The first-order chi connectivity index (χ1) is 13.9. The molecule has 5 nitrogen and oxygen atoms in total. The minimum absolute atomic E-state index is 0.0257. The van der Waals surface area contributed by atoms with Gasteiger partial charge in [0.05, 0.1) is 12.3 Å². The third-order valence-electron chi connectivity index (χ3n) is 4.37. The molecule has 1 aromatic heterocycles. The van der Waals surface area contributed by atoms with Gasteiger partial charge < -0.3 is 9.72 Å². The molecule has 2 aromatic carbocycles. The molecule has 0 saturated heterocycles. The first-order valence-electron chi connectivity index (χ1n) is 9.34. The van der Waals surface area contributed by atoms with Crippen LogP contribution in [0.3, 0.4) is 0 Å². The number of thioether (sulfide) groups is 1. The van der Waals surface area contributed by atoms with E-state index in [9.17, 15) is 10.1 Å². The van der Waals surface area contributed by atoms with Crippen LogP contribution in [0.4, 0.5) is 0 Å². The molecule has 0 aliphatic heterocycles. The highest BCUT2D eigenvalue weighted by Gasteiger charge is 2.16. The van der Waals surface area contributed by atoms with E-state index in [0.717, 1.165) is 11.3 Å². The number of para-hydroxylation sites is 1. The van der Waals surface area contributed by atoms with Crippen molar-refractivity contribution in [3.63, 3.8) is 0 Å². The summed E-state index contributed by atoms with van der Waals surface area (Å²) in [5.41, 5.74) is 1.96. The second-order valence-electron chi connectivity index (χ2n) is 7.54. The predicted octanol–water partition coefficient (Wildman–Crippen LogP) is 4.78. The Kier molecular flexibility index (Phi) is 6.40. The zero-order valence-electron chi connectivity index (χ0n) is 16.7. The standard InChI is InChI=1S/C23H23N3O2S/c1-23(2,3)17-11-9-16(10-12-17)20-19(15-24)21(27)26-22(25-20)29-14-13-28-18-7-5-4-6-8-18/h4-12H,13-14H2,1-3H3,(H,25,26,27). The van der Waals surface area contributed by atoms with Crippen molar-refractivity contribution in [3.05, 3.63) is 76.1 Å². The summed E-state index contributed by atoms with van der Waals surface area (Å²) in [5.74, 6) is 1.42. The number of hydrogen-bond acceptors (Lipinski definition) is 5. The Labute approximate surface area is 174 Å². The molecule has 29 heavy (non-hydrogen) atoms. The van der Waals surface area contributed by atoms with E-state index in [-0.39, 0.29) is 11.0 Å². The highest BCUT2D eigenvalue weighted by atomic mass is 32.2. The zero-order chi connectivity index (χ0) is 20.9. The monoisotopic (exact) mass is 405 g/mol. The van der Waals surface area contributed by atoms with Gasteiger partial charge in [-0.15, -0.1) is 0 Å². The summed E-state index contributed by atoms with van der Waals surface area (Å²) in [6, 6.07) is 19.4. The lowest BCUT2D eigenvalue weighted by atomic mass is 9.86.